The van der Waals surface area contributed by atoms with E-state index in [1.165, 1.54) is 17.0 Å². The van der Waals surface area contributed by atoms with Crippen molar-refractivity contribution in [2.45, 2.75) is 25.4 Å². The first-order valence-corrected chi connectivity index (χ1v) is 7.55. The van der Waals surface area contributed by atoms with Gasteiger partial charge in [0, 0.05) is 30.1 Å². The molecule has 1 aromatic carbocycles. The van der Waals surface area contributed by atoms with E-state index in [1.54, 1.807) is 19.2 Å². The molecule has 1 aliphatic heterocycles. The van der Waals surface area contributed by atoms with E-state index in [4.69, 9.17) is 0 Å². The van der Waals surface area contributed by atoms with Gasteiger partial charge in [0.25, 0.3) is 5.91 Å². The summed E-state index contributed by atoms with van der Waals surface area (Å²) in [5, 5.41) is 5.33. The minimum absolute atomic E-state index is 0.143. The van der Waals surface area contributed by atoms with Crippen LogP contribution in [-0.4, -0.2) is 40.8 Å². The smallest absolute Gasteiger partial charge is 0.322 e. The van der Waals surface area contributed by atoms with Crippen molar-refractivity contribution in [3.8, 4) is 0 Å². The molecule has 1 atom stereocenters. The van der Waals surface area contributed by atoms with Gasteiger partial charge in [0.2, 0.25) is 5.91 Å². The van der Waals surface area contributed by atoms with Crippen molar-refractivity contribution >= 4 is 28.7 Å². The Labute approximate surface area is 137 Å². The Morgan fingerprint density at radius 1 is 1.29 bits per heavy atom. The van der Waals surface area contributed by atoms with Crippen molar-refractivity contribution in [3.63, 3.8) is 0 Å². The van der Waals surface area contributed by atoms with Crippen LogP contribution in [0.4, 0.5) is 9.18 Å². The number of nitrogens with one attached hydrogen (secondary N) is 3. The van der Waals surface area contributed by atoms with Crippen LogP contribution in [0.2, 0.25) is 0 Å². The molecule has 1 aromatic heterocycles. The third kappa shape index (κ3) is 3.37. The molecule has 1 fully saturated rings. The minimum Gasteiger partial charge on any atom is -0.357 e. The monoisotopic (exact) mass is 332 g/mol. The molecule has 1 saturated heterocycles. The second kappa shape index (κ2) is 6.31. The van der Waals surface area contributed by atoms with Crippen LogP contribution in [0.1, 0.15) is 18.5 Å². The summed E-state index contributed by atoms with van der Waals surface area (Å²) in [4.78, 5) is 39.3. The standard InChI is InChI=1S/C16H17FN4O3/c1-21(14(22)5-4-13-15(23)20-16(24)19-13)8-11-7-9-6-10(17)2-3-12(9)18-11/h2-3,6-7,13,18H,4-5,8H2,1H3,(H2,19,20,23,24). The van der Waals surface area contributed by atoms with Crippen LogP contribution in [0.15, 0.2) is 24.3 Å². The van der Waals surface area contributed by atoms with E-state index < -0.39 is 18.0 Å². The number of hydrogen-bond acceptors (Lipinski definition) is 3. The van der Waals surface area contributed by atoms with Gasteiger partial charge < -0.3 is 15.2 Å². The summed E-state index contributed by atoms with van der Waals surface area (Å²) in [7, 11) is 1.65. The molecule has 7 nitrogen and oxygen atoms in total. The average Bonchev–Trinajstić information content (AvgIpc) is 3.06. The van der Waals surface area contributed by atoms with Crippen LogP contribution < -0.4 is 10.6 Å². The summed E-state index contributed by atoms with van der Waals surface area (Å²) in [6, 6.07) is 5.06. The highest BCUT2D eigenvalue weighted by Gasteiger charge is 2.29. The number of nitrogens with zero attached hydrogens (tertiary/aromatic N) is 1. The number of halogens is 1. The van der Waals surface area contributed by atoms with Crippen LogP contribution in [0.25, 0.3) is 10.9 Å². The highest BCUT2D eigenvalue weighted by molar-refractivity contribution is 6.04. The first-order chi connectivity index (χ1) is 11.4. The lowest BCUT2D eigenvalue weighted by Gasteiger charge is -2.17. The van der Waals surface area contributed by atoms with Crippen LogP contribution in [0, 0.1) is 5.82 Å². The number of fused-ring (bicyclic) bond motifs is 1. The molecule has 24 heavy (non-hydrogen) atoms. The lowest BCUT2D eigenvalue weighted by atomic mass is 10.1. The number of urea groups is 1. The van der Waals surface area contributed by atoms with Crippen LogP contribution >= 0.6 is 0 Å². The number of benzene rings is 1. The van der Waals surface area contributed by atoms with Crippen molar-refractivity contribution in [2.24, 2.45) is 0 Å². The maximum atomic E-state index is 13.2. The van der Waals surface area contributed by atoms with Gasteiger partial charge in [-0.2, -0.15) is 0 Å². The van der Waals surface area contributed by atoms with E-state index in [-0.39, 0.29) is 24.6 Å². The fourth-order valence-electron chi connectivity index (χ4n) is 2.71. The highest BCUT2D eigenvalue weighted by atomic mass is 19.1. The van der Waals surface area contributed by atoms with Gasteiger partial charge in [-0.25, -0.2) is 9.18 Å². The molecule has 3 rings (SSSR count). The van der Waals surface area contributed by atoms with Gasteiger partial charge >= 0.3 is 6.03 Å². The summed E-state index contributed by atoms with van der Waals surface area (Å²) >= 11 is 0. The molecule has 3 N–H and O–H groups in total. The zero-order valence-corrected chi connectivity index (χ0v) is 13.1. The zero-order valence-electron chi connectivity index (χ0n) is 13.1. The number of H-pyrrole nitrogens is 1. The van der Waals surface area contributed by atoms with Gasteiger partial charge in [0.15, 0.2) is 0 Å². The summed E-state index contributed by atoms with van der Waals surface area (Å²) in [5.74, 6) is -0.865. The van der Waals surface area contributed by atoms with E-state index in [9.17, 15) is 18.8 Å². The van der Waals surface area contributed by atoms with Gasteiger partial charge in [0.05, 0.1) is 6.54 Å². The number of hydrogen-bond donors (Lipinski definition) is 3. The van der Waals surface area contributed by atoms with E-state index in [2.05, 4.69) is 15.6 Å². The molecule has 8 heteroatoms. The van der Waals surface area contributed by atoms with Gasteiger partial charge in [-0.05, 0) is 30.7 Å². The Hall–Kier alpha value is -2.90. The average molecular weight is 332 g/mol. The molecule has 2 aromatic rings. The number of aromatic amines is 1. The van der Waals surface area contributed by atoms with Crippen LogP contribution in [0.5, 0.6) is 0 Å². The Morgan fingerprint density at radius 2 is 2.08 bits per heavy atom. The third-order valence-corrected chi connectivity index (χ3v) is 3.98. The van der Waals surface area contributed by atoms with Gasteiger partial charge in [-0.3, -0.25) is 14.9 Å². The van der Waals surface area contributed by atoms with Crippen LogP contribution in [0.3, 0.4) is 0 Å². The highest BCUT2D eigenvalue weighted by Crippen LogP contribution is 2.18. The molecular formula is C16H17FN4O3. The molecule has 0 radical (unpaired) electrons. The number of aromatic nitrogens is 1. The molecule has 2 heterocycles. The van der Waals surface area contributed by atoms with E-state index in [0.29, 0.717) is 6.54 Å². The van der Waals surface area contributed by atoms with Crippen molar-refractivity contribution in [2.75, 3.05) is 7.05 Å². The topological polar surface area (TPSA) is 94.3 Å². The number of amides is 4. The first-order valence-electron chi connectivity index (χ1n) is 7.55. The predicted octanol–water partition coefficient (Wildman–Crippen LogP) is 1.25. The lowest BCUT2D eigenvalue weighted by Crippen LogP contribution is -2.32. The summed E-state index contributed by atoms with van der Waals surface area (Å²) in [6.07, 6.45) is 0.391. The van der Waals surface area contributed by atoms with E-state index >= 15 is 0 Å². The Bertz CT molecular complexity index is 817. The quantitative estimate of drug-likeness (QED) is 0.719. The summed E-state index contributed by atoms with van der Waals surface area (Å²) in [5.41, 5.74) is 1.59. The largest absolute Gasteiger partial charge is 0.357 e. The van der Waals surface area contributed by atoms with E-state index in [1.807, 2.05) is 0 Å². The molecule has 4 amide bonds. The summed E-state index contributed by atoms with van der Waals surface area (Å²) in [6.45, 7) is 0.346. The third-order valence-electron chi connectivity index (χ3n) is 3.98. The number of rotatable bonds is 5. The van der Waals surface area contributed by atoms with Crippen molar-refractivity contribution < 1.29 is 18.8 Å². The molecule has 1 aliphatic rings. The van der Waals surface area contributed by atoms with Crippen LogP contribution in [-0.2, 0) is 16.1 Å². The molecule has 1 unspecified atom stereocenters. The van der Waals surface area contributed by atoms with Crippen molar-refractivity contribution in [3.05, 3.63) is 35.8 Å². The molecule has 0 bridgehead atoms. The summed E-state index contributed by atoms with van der Waals surface area (Å²) < 4.78 is 13.2. The predicted molar refractivity (Wildman–Crippen MR) is 84.4 cm³/mol. The molecule has 0 aliphatic carbocycles. The number of carbonyl (C=O) groups excluding carboxylic acids is 3. The fourth-order valence-corrected chi connectivity index (χ4v) is 2.71. The lowest BCUT2D eigenvalue weighted by molar-refractivity contribution is -0.130. The van der Waals surface area contributed by atoms with Gasteiger partial charge in [-0.1, -0.05) is 0 Å². The fraction of sp³-hybridized carbons (Fsp3) is 0.312. The Morgan fingerprint density at radius 3 is 2.79 bits per heavy atom. The van der Waals surface area contributed by atoms with Crippen molar-refractivity contribution in [1.29, 1.82) is 0 Å². The maximum absolute atomic E-state index is 13.2. The Balaban J connectivity index is 1.57. The second-order valence-electron chi connectivity index (χ2n) is 5.83. The van der Waals surface area contributed by atoms with Crippen molar-refractivity contribution in [1.82, 2.24) is 20.5 Å². The Kier molecular flexibility index (Phi) is 4.20. The van der Waals surface area contributed by atoms with Gasteiger partial charge in [0.1, 0.15) is 11.9 Å². The number of imide groups is 1. The molecule has 0 saturated carbocycles. The zero-order chi connectivity index (χ0) is 17.3. The van der Waals surface area contributed by atoms with Gasteiger partial charge in [-0.15, -0.1) is 0 Å². The second-order valence-corrected chi connectivity index (χ2v) is 5.83. The molecule has 0 spiro atoms. The minimum atomic E-state index is -0.661. The first kappa shape index (κ1) is 16.0. The molecule has 126 valence electrons. The number of carbonyl (C=O) groups is 3. The normalized spacial score (nSPS) is 17.0. The molecular weight excluding hydrogens is 315 g/mol. The SMILES string of the molecule is CN(Cc1cc2cc(F)ccc2[nH]1)C(=O)CCC1NC(=O)NC1=O. The maximum Gasteiger partial charge on any atom is 0.322 e. The van der Waals surface area contributed by atoms with E-state index in [0.717, 1.165) is 16.6 Å².